The van der Waals surface area contributed by atoms with Crippen molar-refractivity contribution in [3.63, 3.8) is 0 Å². The van der Waals surface area contributed by atoms with Crippen LogP contribution in [0.2, 0.25) is 0 Å². The highest BCUT2D eigenvalue weighted by atomic mass is 16.7. The van der Waals surface area contributed by atoms with Gasteiger partial charge < -0.3 is 33.3 Å². The zero-order valence-electron chi connectivity index (χ0n) is 47.5. The quantitative estimate of drug-likeness (QED) is 0.0195. The first-order chi connectivity index (χ1) is 35.1. The van der Waals surface area contributed by atoms with Crippen LogP contribution in [0.25, 0.3) is 0 Å². The molecule has 0 heterocycles. The zero-order valence-corrected chi connectivity index (χ0v) is 47.5. The van der Waals surface area contributed by atoms with Gasteiger partial charge in [-0.05, 0) is 77.0 Å². The van der Waals surface area contributed by atoms with E-state index in [9.17, 15) is 19.5 Å². The van der Waals surface area contributed by atoms with Gasteiger partial charge in [0.1, 0.15) is 13.2 Å². The molecule has 0 fully saturated rings. The number of hydrogen-bond acceptors (Lipinski definition) is 8. The third kappa shape index (κ3) is 54.8. The van der Waals surface area contributed by atoms with E-state index in [0.717, 1.165) is 77.0 Å². The monoisotopic (exact) mass is 1010 g/mol. The summed E-state index contributed by atoms with van der Waals surface area (Å²) in [6, 6.07) is 0. The highest BCUT2D eigenvalue weighted by Crippen LogP contribution is 2.17. The number of hydrogen-bond donors (Lipinski definition) is 0. The molecular formula is C63H113NO8. The first-order valence-electron chi connectivity index (χ1n) is 29.9. The maximum atomic E-state index is 12.9. The van der Waals surface area contributed by atoms with Crippen LogP contribution in [0.15, 0.2) is 60.8 Å². The van der Waals surface area contributed by atoms with E-state index in [1.165, 1.54) is 154 Å². The molecule has 0 aromatic rings. The molecule has 9 nitrogen and oxygen atoms in total. The lowest BCUT2D eigenvalue weighted by molar-refractivity contribution is -0.870. The molecule has 2 atom stereocenters. The van der Waals surface area contributed by atoms with Gasteiger partial charge in [-0.2, -0.15) is 0 Å². The third-order valence-corrected chi connectivity index (χ3v) is 13.0. The van der Waals surface area contributed by atoms with Crippen LogP contribution in [-0.4, -0.2) is 82.3 Å². The Bertz CT molecular complexity index is 1360. The van der Waals surface area contributed by atoms with Crippen LogP contribution in [0.1, 0.15) is 264 Å². The van der Waals surface area contributed by atoms with Gasteiger partial charge in [0.2, 0.25) is 0 Å². The number of carboxylic acid groups (broad SMARTS) is 1. The molecule has 0 amide bonds. The Morgan fingerprint density at radius 2 is 0.792 bits per heavy atom. The zero-order chi connectivity index (χ0) is 52.7. The fourth-order valence-corrected chi connectivity index (χ4v) is 8.41. The number of unbranched alkanes of at least 4 members (excludes halogenated alkanes) is 30. The van der Waals surface area contributed by atoms with Crippen LogP contribution in [0.3, 0.4) is 0 Å². The summed E-state index contributed by atoms with van der Waals surface area (Å²) in [7, 11) is 5.92. The SMILES string of the molecule is CC/C=C\C/C=C\C/C=C\C/C=C\CCCCCCCCCCCCCCCCCCCCCCC(=O)OC(COC(=O)CCCCCCC/C=C\CCCCCCC)COC(OCC[N+](C)(C)C)C(=O)[O-]. The van der Waals surface area contributed by atoms with E-state index in [1.54, 1.807) is 0 Å². The number of carbonyl (C=O) groups is 3. The Kier molecular flexibility index (Phi) is 52.0. The first kappa shape index (κ1) is 69.0. The van der Waals surface area contributed by atoms with Crippen LogP contribution in [0, 0.1) is 0 Å². The van der Waals surface area contributed by atoms with Crippen molar-refractivity contribution in [2.24, 2.45) is 0 Å². The topological polar surface area (TPSA) is 111 Å². The summed E-state index contributed by atoms with van der Waals surface area (Å²) in [4.78, 5) is 37.2. The summed E-state index contributed by atoms with van der Waals surface area (Å²) in [5.41, 5.74) is 0. The molecular weight excluding hydrogens is 899 g/mol. The standard InChI is InChI=1S/C63H113NO8/c1-6-8-10-12-14-16-18-20-22-23-24-25-26-27-28-29-30-31-32-33-34-35-36-37-38-39-40-42-44-46-48-50-52-54-61(66)72-59(58-71-63(62(67)68)69-56-55-64(3,4)5)57-70-60(65)53-51-49-47-45-43-41-21-19-17-15-13-11-9-7-2/h8,10,14,16,19-22,24-25,59,63H,6-7,9,11-13,15,17-18,23,26-58H2,1-5H3/b10-8-,16-14-,21-19-,22-20-,25-24-. The van der Waals surface area contributed by atoms with Gasteiger partial charge in [0.15, 0.2) is 12.4 Å². The second-order valence-corrected chi connectivity index (χ2v) is 21.3. The second-order valence-electron chi connectivity index (χ2n) is 21.3. The molecule has 418 valence electrons. The minimum atomic E-state index is -1.62. The molecule has 0 aromatic carbocycles. The average molecular weight is 1010 g/mol. The van der Waals surface area contributed by atoms with E-state index in [-0.39, 0.29) is 38.6 Å². The molecule has 0 aliphatic heterocycles. The van der Waals surface area contributed by atoms with Crippen molar-refractivity contribution in [2.75, 3.05) is 47.5 Å². The smallest absolute Gasteiger partial charge is 0.306 e. The highest BCUT2D eigenvalue weighted by Gasteiger charge is 2.22. The van der Waals surface area contributed by atoms with Gasteiger partial charge in [0.05, 0.1) is 40.3 Å². The lowest BCUT2D eigenvalue weighted by Gasteiger charge is -2.26. The van der Waals surface area contributed by atoms with E-state index in [4.69, 9.17) is 18.9 Å². The lowest BCUT2D eigenvalue weighted by atomic mass is 10.0. The van der Waals surface area contributed by atoms with Gasteiger partial charge in [-0.15, -0.1) is 0 Å². The molecule has 0 N–H and O–H groups in total. The van der Waals surface area contributed by atoms with Gasteiger partial charge in [-0.1, -0.05) is 235 Å². The molecule has 2 unspecified atom stereocenters. The molecule has 0 spiro atoms. The molecule has 0 aliphatic carbocycles. The molecule has 0 bridgehead atoms. The van der Waals surface area contributed by atoms with Crippen LogP contribution in [0.5, 0.6) is 0 Å². The number of esters is 2. The molecule has 0 saturated carbocycles. The van der Waals surface area contributed by atoms with Gasteiger partial charge in [0, 0.05) is 12.8 Å². The van der Waals surface area contributed by atoms with Crippen LogP contribution in [-0.2, 0) is 33.3 Å². The van der Waals surface area contributed by atoms with E-state index in [1.807, 2.05) is 21.1 Å². The van der Waals surface area contributed by atoms with E-state index in [0.29, 0.717) is 17.4 Å². The number of likely N-dealkylation sites (N-methyl/N-ethyl adjacent to an activating group) is 1. The fraction of sp³-hybridized carbons (Fsp3) is 0.794. The van der Waals surface area contributed by atoms with Gasteiger partial charge in [-0.3, -0.25) is 9.59 Å². The molecule has 0 saturated heterocycles. The van der Waals surface area contributed by atoms with Crippen molar-refractivity contribution in [1.82, 2.24) is 0 Å². The lowest BCUT2D eigenvalue weighted by Crippen LogP contribution is -2.44. The van der Waals surface area contributed by atoms with Crippen LogP contribution >= 0.6 is 0 Å². The Labute approximate surface area is 444 Å². The van der Waals surface area contributed by atoms with Crippen LogP contribution in [0.4, 0.5) is 0 Å². The number of rotatable bonds is 55. The second kappa shape index (κ2) is 54.3. The normalized spacial score (nSPS) is 13.2. The number of aliphatic carboxylic acids is 1. The van der Waals surface area contributed by atoms with Gasteiger partial charge in [0.25, 0.3) is 0 Å². The number of nitrogens with zero attached hydrogens (tertiary/aromatic N) is 1. The maximum Gasteiger partial charge on any atom is 0.306 e. The first-order valence-corrected chi connectivity index (χ1v) is 29.9. The van der Waals surface area contributed by atoms with Gasteiger partial charge in [-0.25, -0.2) is 0 Å². The van der Waals surface area contributed by atoms with Crippen molar-refractivity contribution >= 4 is 17.9 Å². The van der Waals surface area contributed by atoms with E-state index in [2.05, 4.69) is 74.6 Å². The van der Waals surface area contributed by atoms with Gasteiger partial charge >= 0.3 is 11.9 Å². The maximum absolute atomic E-state index is 12.9. The Hall–Kier alpha value is -3.01. The third-order valence-electron chi connectivity index (χ3n) is 13.0. The molecule has 72 heavy (non-hydrogen) atoms. The van der Waals surface area contributed by atoms with E-state index < -0.39 is 24.3 Å². The number of carboxylic acids is 1. The summed E-state index contributed by atoms with van der Waals surface area (Å²) in [6.07, 6.45) is 65.7. The van der Waals surface area contributed by atoms with Crippen LogP contribution < -0.4 is 5.11 Å². The number of carbonyl (C=O) groups excluding carboxylic acids is 3. The summed E-state index contributed by atoms with van der Waals surface area (Å²) in [5.74, 6) is -2.28. The summed E-state index contributed by atoms with van der Waals surface area (Å²) >= 11 is 0. The highest BCUT2D eigenvalue weighted by molar-refractivity contribution is 5.70. The number of quaternary nitrogens is 1. The summed E-state index contributed by atoms with van der Waals surface area (Å²) < 4.78 is 22.7. The fourth-order valence-electron chi connectivity index (χ4n) is 8.41. The Morgan fingerprint density at radius 1 is 0.431 bits per heavy atom. The minimum Gasteiger partial charge on any atom is -0.545 e. The predicted octanol–water partition coefficient (Wildman–Crippen LogP) is 16.3. The summed E-state index contributed by atoms with van der Waals surface area (Å²) in [5, 5.41) is 11.8. The van der Waals surface area contributed by atoms with E-state index >= 15 is 0 Å². The minimum absolute atomic E-state index is 0.147. The van der Waals surface area contributed by atoms with Crippen molar-refractivity contribution in [1.29, 1.82) is 0 Å². The summed E-state index contributed by atoms with van der Waals surface area (Å²) in [6.45, 7) is 4.64. The van der Waals surface area contributed by atoms with Crippen molar-refractivity contribution in [3.05, 3.63) is 60.8 Å². The van der Waals surface area contributed by atoms with Crippen molar-refractivity contribution in [3.8, 4) is 0 Å². The molecule has 0 aromatic heterocycles. The molecule has 9 heteroatoms. The number of ether oxygens (including phenoxy) is 4. The molecule has 0 aliphatic rings. The largest absolute Gasteiger partial charge is 0.545 e. The number of allylic oxidation sites excluding steroid dienone is 10. The van der Waals surface area contributed by atoms with Crippen molar-refractivity contribution < 1.29 is 42.9 Å². The molecule has 0 rings (SSSR count). The Balaban J connectivity index is 4.07. The predicted molar refractivity (Wildman–Crippen MR) is 302 cm³/mol. The Morgan fingerprint density at radius 3 is 1.19 bits per heavy atom. The average Bonchev–Trinajstić information content (AvgIpc) is 3.35. The molecule has 0 radical (unpaired) electrons. The van der Waals surface area contributed by atoms with Crippen molar-refractivity contribution in [2.45, 2.75) is 277 Å².